The van der Waals surface area contributed by atoms with Crippen molar-refractivity contribution in [2.24, 2.45) is 0 Å². The van der Waals surface area contributed by atoms with Crippen molar-refractivity contribution < 1.29 is 28.2 Å². The molecule has 0 radical (unpaired) electrons. The topological polar surface area (TPSA) is 63.6 Å². The van der Waals surface area contributed by atoms with Crippen molar-refractivity contribution in [3.05, 3.63) is 29.3 Å². The van der Waals surface area contributed by atoms with Gasteiger partial charge in [-0.1, -0.05) is 0 Å². The number of ketones is 1. The summed E-state index contributed by atoms with van der Waals surface area (Å²) in [5, 5.41) is 9.17. The summed E-state index contributed by atoms with van der Waals surface area (Å²) in [6, 6.07) is 0.867. The second kappa shape index (κ2) is 4.69. The van der Waals surface area contributed by atoms with Gasteiger partial charge in [-0.25, -0.2) is 13.6 Å². The Morgan fingerprint density at radius 2 is 1.88 bits per heavy atom. The highest BCUT2D eigenvalue weighted by Gasteiger charge is 2.23. The molecule has 0 aliphatic carbocycles. The quantitative estimate of drug-likeness (QED) is 0.484. The van der Waals surface area contributed by atoms with Crippen LogP contribution in [0.1, 0.15) is 17.3 Å². The molecule has 0 aliphatic heterocycles. The zero-order valence-corrected chi connectivity index (χ0v) is 8.29. The Hall–Kier alpha value is -1.98. The molecule has 0 aromatic heterocycles. The Balaban J connectivity index is 3.09. The number of benzene rings is 1. The summed E-state index contributed by atoms with van der Waals surface area (Å²) >= 11 is 0. The van der Waals surface area contributed by atoms with Crippen LogP contribution in [0.3, 0.4) is 0 Å². The fourth-order valence-corrected chi connectivity index (χ4v) is 1.02. The first-order chi connectivity index (χ1) is 7.47. The molecule has 16 heavy (non-hydrogen) atoms. The number of hydrogen-bond donors (Lipinski definition) is 1. The predicted octanol–water partition coefficient (Wildman–Crippen LogP) is 1.42. The van der Waals surface area contributed by atoms with Crippen molar-refractivity contribution in [3.63, 3.8) is 0 Å². The Labute approximate surface area is 89.5 Å². The fourth-order valence-electron chi connectivity index (χ4n) is 1.02. The van der Waals surface area contributed by atoms with E-state index in [9.17, 15) is 18.4 Å². The minimum Gasteiger partial charge on any atom is -0.507 e. The lowest BCUT2D eigenvalue weighted by Crippen LogP contribution is -2.18. The van der Waals surface area contributed by atoms with E-state index in [0.29, 0.717) is 12.1 Å². The molecule has 0 saturated heterocycles. The van der Waals surface area contributed by atoms with Crippen LogP contribution in [0.25, 0.3) is 0 Å². The van der Waals surface area contributed by atoms with Gasteiger partial charge in [0, 0.05) is 6.07 Å². The molecule has 0 unspecified atom stereocenters. The van der Waals surface area contributed by atoms with E-state index in [1.807, 2.05) is 0 Å². The summed E-state index contributed by atoms with van der Waals surface area (Å²) in [6.45, 7) is 1.45. The average Bonchev–Trinajstić information content (AvgIpc) is 2.23. The van der Waals surface area contributed by atoms with Gasteiger partial charge in [0.1, 0.15) is 5.75 Å². The zero-order valence-electron chi connectivity index (χ0n) is 8.29. The van der Waals surface area contributed by atoms with Gasteiger partial charge in [-0.2, -0.15) is 0 Å². The van der Waals surface area contributed by atoms with Gasteiger partial charge in [-0.15, -0.1) is 0 Å². The van der Waals surface area contributed by atoms with E-state index in [1.54, 1.807) is 0 Å². The minimum atomic E-state index is -1.33. The van der Waals surface area contributed by atoms with E-state index in [4.69, 9.17) is 5.11 Å². The van der Waals surface area contributed by atoms with E-state index in [1.165, 1.54) is 6.92 Å². The molecule has 1 aromatic carbocycles. The Morgan fingerprint density at radius 3 is 2.44 bits per heavy atom. The van der Waals surface area contributed by atoms with Crippen molar-refractivity contribution in [3.8, 4) is 5.75 Å². The highest BCUT2D eigenvalue weighted by Crippen LogP contribution is 2.21. The molecule has 6 heteroatoms. The Morgan fingerprint density at radius 1 is 1.31 bits per heavy atom. The second-order valence-electron chi connectivity index (χ2n) is 2.83. The van der Waals surface area contributed by atoms with E-state index >= 15 is 0 Å². The maximum Gasteiger partial charge on any atom is 0.379 e. The van der Waals surface area contributed by atoms with Crippen molar-refractivity contribution in [1.82, 2.24) is 0 Å². The van der Waals surface area contributed by atoms with Gasteiger partial charge < -0.3 is 9.84 Å². The normalized spacial score (nSPS) is 9.94. The van der Waals surface area contributed by atoms with E-state index in [2.05, 4.69) is 4.74 Å². The van der Waals surface area contributed by atoms with Gasteiger partial charge in [0.05, 0.1) is 12.2 Å². The van der Waals surface area contributed by atoms with E-state index in [-0.39, 0.29) is 6.61 Å². The Bertz CT molecular complexity index is 443. The summed E-state index contributed by atoms with van der Waals surface area (Å²) in [7, 11) is 0. The number of esters is 1. The predicted molar refractivity (Wildman–Crippen MR) is 49.0 cm³/mol. The van der Waals surface area contributed by atoms with Gasteiger partial charge in [0.25, 0.3) is 5.78 Å². The maximum absolute atomic E-state index is 12.8. The number of halogens is 2. The van der Waals surface area contributed by atoms with Crippen LogP contribution in [0.4, 0.5) is 8.78 Å². The van der Waals surface area contributed by atoms with Crippen LogP contribution in [0, 0.1) is 11.6 Å². The van der Waals surface area contributed by atoms with Crippen molar-refractivity contribution in [2.75, 3.05) is 6.61 Å². The van der Waals surface area contributed by atoms with Gasteiger partial charge in [0.2, 0.25) is 0 Å². The molecule has 0 atom stereocenters. The first kappa shape index (κ1) is 12.1. The van der Waals surface area contributed by atoms with Crippen LogP contribution in [0.5, 0.6) is 5.75 Å². The van der Waals surface area contributed by atoms with Gasteiger partial charge >= 0.3 is 5.97 Å². The summed E-state index contributed by atoms with van der Waals surface area (Å²) in [5.41, 5.74) is -0.627. The second-order valence-corrected chi connectivity index (χ2v) is 2.83. The number of Topliss-reactive ketones (excluding diaryl/α,β-unsaturated/α-hetero) is 1. The molecule has 4 nitrogen and oxygen atoms in total. The molecule has 0 amide bonds. The number of hydrogen-bond acceptors (Lipinski definition) is 4. The number of ether oxygens (including phenoxy) is 1. The molecule has 1 N–H and O–H groups in total. The monoisotopic (exact) mass is 230 g/mol. The molecule has 0 aliphatic rings. The molecule has 1 rings (SSSR count). The number of aromatic hydroxyl groups is 1. The summed E-state index contributed by atoms with van der Waals surface area (Å²) in [5.74, 6) is -5.90. The average molecular weight is 230 g/mol. The van der Waals surface area contributed by atoms with E-state index in [0.717, 1.165) is 0 Å². The number of rotatable bonds is 3. The molecule has 0 bridgehead atoms. The number of phenolic OH excluding ortho intramolecular Hbond substituents is 1. The van der Waals surface area contributed by atoms with Crippen LogP contribution in [0.15, 0.2) is 12.1 Å². The first-order valence-electron chi connectivity index (χ1n) is 4.36. The van der Waals surface area contributed by atoms with Crippen molar-refractivity contribution in [2.45, 2.75) is 6.92 Å². The van der Waals surface area contributed by atoms with Gasteiger partial charge in [-0.05, 0) is 13.0 Å². The van der Waals surface area contributed by atoms with Crippen LogP contribution in [0.2, 0.25) is 0 Å². The van der Waals surface area contributed by atoms with Crippen LogP contribution in [-0.4, -0.2) is 23.5 Å². The third kappa shape index (κ3) is 2.33. The van der Waals surface area contributed by atoms with Crippen molar-refractivity contribution in [1.29, 1.82) is 0 Å². The number of carbonyl (C=O) groups is 2. The van der Waals surface area contributed by atoms with E-state index < -0.39 is 34.7 Å². The standard InChI is InChI=1S/C10H8F2O4/c1-2-16-10(15)9(14)5-3-6(11)7(12)4-8(5)13/h3-4,13H,2H2,1H3. The molecular formula is C10H8F2O4. The molecule has 0 fully saturated rings. The van der Waals surface area contributed by atoms with Crippen LogP contribution in [-0.2, 0) is 9.53 Å². The lowest BCUT2D eigenvalue weighted by atomic mass is 10.1. The maximum atomic E-state index is 12.8. The zero-order chi connectivity index (χ0) is 12.3. The number of phenols is 1. The van der Waals surface area contributed by atoms with Gasteiger partial charge in [-0.3, -0.25) is 4.79 Å². The molecule has 0 spiro atoms. The molecule has 86 valence electrons. The minimum absolute atomic E-state index is 0.0327. The summed E-state index contributed by atoms with van der Waals surface area (Å²) in [4.78, 5) is 22.3. The molecule has 0 heterocycles. The molecule has 0 saturated carbocycles. The van der Waals surface area contributed by atoms with Crippen LogP contribution < -0.4 is 0 Å². The lowest BCUT2D eigenvalue weighted by molar-refractivity contribution is -0.137. The highest BCUT2D eigenvalue weighted by atomic mass is 19.2. The largest absolute Gasteiger partial charge is 0.507 e. The molecule has 1 aromatic rings. The van der Waals surface area contributed by atoms with Gasteiger partial charge in [0.15, 0.2) is 11.6 Å². The third-order valence-corrected chi connectivity index (χ3v) is 1.74. The first-order valence-corrected chi connectivity index (χ1v) is 4.36. The lowest BCUT2D eigenvalue weighted by Gasteiger charge is -2.04. The summed E-state index contributed by atoms with van der Waals surface area (Å²) < 4.78 is 29.8. The smallest absolute Gasteiger partial charge is 0.379 e. The Kier molecular flexibility index (Phi) is 3.55. The summed E-state index contributed by atoms with van der Waals surface area (Å²) in [6.07, 6.45) is 0. The number of carbonyl (C=O) groups excluding carboxylic acids is 2. The highest BCUT2D eigenvalue weighted by molar-refractivity contribution is 6.41. The fraction of sp³-hybridized carbons (Fsp3) is 0.200. The molecular weight excluding hydrogens is 222 g/mol. The van der Waals surface area contributed by atoms with Crippen molar-refractivity contribution >= 4 is 11.8 Å². The SMILES string of the molecule is CCOC(=O)C(=O)c1cc(F)c(F)cc1O. The third-order valence-electron chi connectivity index (χ3n) is 1.74. The van der Waals surface area contributed by atoms with Crippen LogP contribution >= 0.6 is 0 Å².